The highest BCUT2D eigenvalue weighted by Gasteiger charge is 2.54. The zero-order valence-corrected chi connectivity index (χ0v) is 15.4. The van der Waals surface area contributed by atoms with Crippen LogP contribution in [0.2, 0.25) is 0 Å². The Hall–Kier alpha value is -1.89. The Bertz CT molecular complexity index is 725. The molecular formula is C18H23NO5S. The molecule has 3 rings (SSSR count). The van der Waals surface area contributed by atoms with Gasteiger partial charge in [0.05, 0.1) is 24.0 Å². The van der Waals surface area contributed by atoms with Crippen molar-refractivity contribution >= 4 is 34.2 Å². The standard InChI is InChI=1S/C18H23NO5S/c1-4-24-18(23)12-8(2)9(3)25-16(12)19-15(20)13-10-5-6-11(7-10)14(13)17(21)22/h10-11,13-14H,4-7H2,1-3H3,(H,19,20)(H,21,22)/t10-,11-,13+,14+/m1/s1. The molecule has 0 spiro atoms. The van der Waals surface area contributed by atoms with Crippen LogP contribution < -0.4 is 5.32 Å². The molecular weight excluding hydrogens is 342 g/mol. The topological polar surface area (TPSA) is 92.7 Å². The van der Waals surface area contributed by atoms with Gasteiger partial charge in [-0.05, 0) is 57.4 Å². The number of nitrogens with one attached hydrogen (secondary N) is 1. The first kappa shape index (κ1) is 17.9. The van der Waals surface area contributed by atoms with E-state index in [0.29, 0.717) is 10.6 Å². The fourth-order valence-corrected chi connectivity index (χ4v) is 5.43. The Labute approximate surface area is 150 Å². The molecule has 1 aromatic rings. The number of fused-ring (bicyclic) bond motifs is 2. The number of hydrogen-bond acceptors (Lipinski definition) is 5. The molecule has 0 saturated heterocycles. The second-order valence-electron chi connectivity index (χ2n) is 6.92. The summed E-state index contributed by atoms with van der Waals surface area (Å²) in [6.45, 7) is 5.70. The Balaban J connectivity index is 1.85. The minimum Gasteiger partial charge on any atom is -0.481 e. The fourth-order valence-electron chi connectivity index (χ4n) is 4.38. The van der Waals surface area contributed by atoms with Gasteiger partial charge in [-0.25, -0.2) is 4.79 Å². The summed E-state index contributed by atoms with van der Waals surface area (Å²) in [6.07, 6.45) is 2.60. The number of ether oxygens (including phenoxy) is 1. The molecule has 1 amide bonds. The van der Waals surface area contributed by atoms with Crippen molar-refractivity contribution in [2.24, 2.45) is 23.7 Å². The number of carboxylic acid groups (broad SMARTS) is 1. The second-order valence-corrected chi connectivity index (χ2v) is 8.14. The van der Waals surface area contributed by atoms with E-state index in [1.54, 1.807) is 6.92 Å². The summed E-state index contributed by atoms with van der Waals surface area (Å²) in [5, 5.41) is 12.8. The van der Waals surface area contributed by atoms with Crippen molar-refractivity contribution in [3.8, 4) is 0 Å². The molecule has 0 unspecified atom stereocenters. The number of rotatable bonds is 5. The lowest BCUT2D eigenvalue weighted by Crippen LogP contribution is -2.38. The maximum absolute atomic E-state index is 12.9. The largest absolute Gasteiger partial charge is 0.481 e. The smallest absolute Gasteiger partial charge is 0.341 e. The maximum atomic E-state index is 12.9. The van der Waals surface area contributed by atoms with E-state index in [-0.39, 0.29) is 24.3 Å². The molecule has 1 aromatic heterocycles. The Morgan fingerprint density at radius 1 is 1.20 bits per heavy atom. The normalized spacial score (nSPS) is 27.3. The number of aryl methyl sites for hydroxylation is 1. The van der Waals surface area contributed by atoms with Gasteiger partial charge in [0.2, 0.25) is 5.91 Å². The van der Waals surface area contributed by atoms with Crippen molar-refractivity contribution in [1.82, 2.24) is 0 Å². The number of esters is 1. The molecule has 2 saturated carbocycles. The van der Waals surface area contributed by atoms with Crippen molar-refractivity contribution in [1.29, 1.82) is 0 Å². The summed E-state index contributed by atoms with van der Waals surface area (Å²) in [5.41, 5.74) is 1.18. The van der Waals surface area contributed by atoms with E-state index < -0.39 is 23.8 Å². The predicted molar refractivity (Wildman–Crippen MR) is 93.8 cm³/mol. The number of carboxylic acids is 1. The van der Waals surface area contributed by atoms with Gasteiger partial charge in [0.1, 0.15) is 5.00 Å². The fraction of sp³-hybridized carbons (Fsp3) is 0.611. The Kier molecular flexibility index (Phi) is 4.86. The number of aliphatic carboxylic acids is 1. The van der Waals surface area contributed by atoms with Crippen molar-refractivity contribution in [2.45, 2.75) is 40.0 Å². The number of thiophene rings is 1. The maximum Gasteiger partial charge on any atom is 0.341 e. The molecule has 2 N–H and O–H groups in total. The highest BCUT2D eigenvalue weighted by atomic mass is 32.1. The van der Waals surface area contributed by atoms with E-state index in [9.17, 15) is 19.5 Å². The molecule has 2 aliphatic rings. The summed E-state index contributed by atoms with van der Waals surface area (Å²) >= 11 is 1.33. The van der Waals surface area contributed by atoms with Gasteiger partial charge in [0, 0.05) is 4.88 Å². The van der Waals surface area contributed by atoms with Gasteiger partial charge in [0.15, 0.2) is 0 Å². The summed E-state index contributed by atoms with van der Waals surface area (Å²) < 4.78 is 5.10. The van der Waals surface area contributed by atoms with Crippen molar-refractivity contribution in [3.05, 3.63) is 16.0 Å². The third-order valence-electron chi connectivity index (χ3n) is 5.61. The summed E-state index contributed by atoms with van der Waals surface area (Å²) in [5.74, 6) is -2.56. The number of carbonyl (C=O) groups is 3. The van der Waals surface area contributed by atoms with E-state index in [0.717, 1.165) is 29.7 Å². The van der Waals surface area contributed by atoms with Crippen LogP contribution >= 0.6 is 11.3 Å². The molecule has 2 fully saturated rings. The van der Waals surface area contributed by atoms with Crippen molar-refractivity contribution in [2.75, 3.05) is 11.9 Å². The van der Waals surface area contributed by atoms with Gasteiger partial charge in [-0.15, -0.1) is 11.3 Å². The van der Waals surface area contributed by atoms with Gasteiger partial charge in [0.25, 0.3) is 0 Å². The van der Waals surface area contributed by atoms with E-state index >= 15 is 0 Å². The van der Waals surface area contributed by atoms with E-state index in [2.05, 4.69) is 5.32 Å². The van der Waals surface area contributed by atoms with Crippen LogP contribution in [-0.4, -0.2) is 29.6 Å². The van der Waals surface area contributed by atoms with E-state index in [1.807, 2.05) is 13.8 Å². The molecule has 1 heterocycles. The first-order chi connectivity index (χ1) is 11.8. The highest BCUT2D eigenvalue weighted by Crippen LogP contribution is 2.52. The van der Waals surface area contributed by atoms with Crippen LogP contribution in [0.15, 0.2) is 0 Å². The molecule has 2 aliphatic carbocycles. The third-order valence-corrected chi connectivity index (χ3v) is 6.73. The molecule has 25 heavy (non-hydrogen) atoms. The van der Waals surface area contributed by atoms with Crippen LogP contribution in [0.25, 0.3) is 0 Å². The molecule has 0 radical (unpaired) electrons. The first-order valence-electron chi connectivity index (χ1n) is 8.65. The number of anilines is 1. The van der Waals surface area contributed by atoms with Crippen LogP contribution in [0.4, 0.5) is 5.00 Å². The number of hydrogen-bond donors (Lipinski definition) is 2. The van der Waals surface area contributed by atoms with Crippen molar-refractivity contribution in [3.63, 3.8) is 0 Å². The van der Waals surface area contributed by atoms with Crippen LogP contribution in [0.5, 0.6) is 0 Å². The van der Waals surface area contributed by atoms with Gasteiger partial charge in [-0.1, -0.05) is 0 Å². The van der Waals surface area contributed by atoms with Gasteiger partial charge in [-0.3, -0.25) is 9.59 Å². The quantitative estimate of drug-likeness (QED) is 0.782. The van der Waals surface area contributed by atoms with Crippen LogP contribution in [0.1, 0.15) is 47.0 Å². The lowest BCUT2D eigenvalue weighted by molar-refractivity contribution is -0.148. The van der Waals surface area contributed by atoms with Crippen LogP contribution in [-0.2, 0) is 14.3 Å². The highest BCUT2D eigenvalue weighted by molar-refractivity contribution is 7.16. The minimum absolute atomic E-state index is 0.0922. The molecule has 136 valence electrons. The lowest BCUT2D eigenvalue weighted by Gasteiger charge is -2.26. The molecule has 0 aromatic carbocycles. The first-order valence-corrected chi connectivity index (χ1v) is 9.47. The Morgan fingerprint density at radius 2 is 1.84 bits per heavy atom. The van der Waals surface area contributed by atoms with Gasteiger partial charge >= 0.3 is 11.9 Å². The van der Waals surface area contributed by atoms with Crippen LogP contribution in [0, 0.1) is 37.5 Å². The molecule has 4 atom stereocenters. The monoisotopic (exact) mass is 365 g/mol. The minimum atomic E-state index is -0.892. The zero-order valence-electron chi connectivity index (χ0n) is 14.6. The van der Waals surface area contributed by atoms with Crippen LogP contribution in [0.3, 0.4) is 0 Å². The number of carbonyl (C=O) groups excluding carboxylic acids is 2. The molecule has 7 heteroatoms. The third kappa shape index (κ3) is 3.05. The zero-order chi connectivity index (χ0) is 18.3. The summed E-state index contributed by atoms with van der Waals surface area (Å²) in [4.78, 5) is 37.7. The number of amides is 1. The van der Waals surface area contributed by atoms with Gasteiger partial charge in [-0.2, -0.15) is 0 Å². The average Bonchev–Trinajstić information content (AvgIpc) is 3.21. The van der Waals surface area contributed by atoms with E-state index in [1.165, 1.54) is 11.3 Å². The second kappa shape index (κ2) is 6.78. The summed E-state index contributed by atoms with van der Waals surface area (Å²) in [7, 11) is 0. The van der Waals surface area contributed by atoms with Crippen molar-refractivity contribution < 1.29 is 24.2 Å². The molecule has 0 aliphatic heterocycles. The SMILES string of the molecule is CCOC(=O)c1c(NC(=O)[C@H]2[C@@H]3CC[C@H](C3)[C@@H]2C(=O)O)sc(C)c1C. The van der Waals surface area contributed by atoms with E-state index in [4.69, 9.17) is 4.74 Å². The summed E-state index contributed by atoms with van der Waals surface area (Å²) in [6, 6.07) is 0. The molecule has 6 nitrogen and oxygen atoms in total. The predicted octanol–water partition coefficient (Wildman–Crippen LogP) is 3.23. The van der Waals surface area contributed by atoms with Gasteiger partial charge < -0.3 is 15.2 Å². The molecule has 2 bridgehead atoms. The lowest BCUT2D eigenvalue weighted by atomic mass is 9.79. The average molecular weight is 365 g/mol. The Morgan fingerprint density at radius 3 is 2.44 bits per heavy atom.